The highest BCUT2D eigenvalue weighted by Crippen LogP contribution is 2.32. The first-order chi connectivity index (χ1) is 14.5. The molecule has 8 heteroatoms. The summed E-state index contributed by atoms with van der Waals surface area (Å²) in [7, 11) is 1.78. The van der Waals surface area contributed by atoms with Crippen molar-refractivity contribution in [2.75, 3.05) is 25.5 Å². The molecule has 1 fully saturated rings. The van der Waals surface area contributed by atoms with Gasteiger partial charge in [-0.15, -0.1) is 0 Å². The molecule has 0 bridgehead atoms. The molecular formula is C22H25FN6O. The van der Waals surface area contributed by atoms with Crippen molar-refractivity contribution in [3.8, 4) is 0 Å². The van der Waals surface area contributed by atoms with Gasteiger partial charge in [-0.05, 0) is 50.4 Å². The summed E-state index contributed by atoms with van der Waals surface area (Å²) in [6.07, 6.45) is 10.7. The highest BCUT2D eigenvalue weighted by atomic mass is 19.1. The highest BCUT2D eigenvalue weighted by molar-refractivity contribution is 6.31. The van der Waals surface area contributed by atoms with E-state index in [4.69, 9.17) is 5.41 Å². The summed E-state index contributed by atoms with van der Waals surface area (Å²) < 4.78 is 15.9. The highest BCUT2D eigenvalue weighted by Gasteiger charge is 2.28. The maximum Gasteiger partial charge on any atom is 0.257 e. The fourth-order valence-corrected chi connectivity index (χ4v) is 4.06. The van der Waals surface area contributed by atoms with Crippen LogP contribution in [0.4, 0.5) is 10.1 Å². The van der Waals surface area contributed by atoms with Crippen LogP contribution in [0, 0.1) is 24.1 Å². The van der Waals surface area contributed by atoms with Crippen LogP contribution in [0.5, 0.6) is 0 Å². The number of pyridine rings is 1. The van der Waals surface area contributed by atoms with Gasteiger partial charge < -0.3 is 20.4 Å². The van der Waals surface area contributed by atoms with Crippen LogP contribution >= 0.6 is 0 Å². The second kappa shape index (κ2) is 8.23. The van der Waals surface area contributed by atoms with Gasteiger partial charge in [0.1, 0.15) is 0 Å². The number of hydrogen-bond donors (Lipinski definition) is 4. The number of piperidine rings is 1. The number of rotatable bonds is 4. The Kier molecular flexibility index (Phi) is 5.50. The molecule has 4 rings (SSSR count). The van der Waals surface area contributed by atoms with Crippen molar-refractivity contribution >= 4 is 23.0 Å². The third kappa shape index (κ3) is 3.78. The van der Waals surface area contributed by atoms with Crippen LogP contribution < -0.4 is 16.0 Å². The van der Waals surface area contributed by atoms with Gasteiger partial charge in [0.2, 0.25) is 0 Å². The number of imidazole rings is 1. The number of aryl methyl sites for hydroxylation is 1. The van der Waals surface area contributed by atoms with Gasteiger partial charge in [-0.25, -0.2) is 9.37 Å². The Balaban J connectivity index is 1.61. The Morgan fingerprint density at radius 3 is 2.83 bits per heavy atom. The van der Waals surface area contributed by atoms with E-state index in [1.165, 1.54) is 6.07 Å². The molecule has 7 nitrogen and oxygen atoms in total. The largest absolute Gasteiger partial charge is 0.393 e. The summed E-state index contributed by atoms with van der Waals surface area (Å²) in [5, 5.41) is 17.7. The first-order valence-electron chi connectivity index (χ1n) is 10.0. The molecule has 0 aromatic carbocycles. The minimum atomic E-state index is -0.516. The molecule has 0 saturated carbocycles. The minimum absolute atomic E-state index is 0.165. The van der Waals surface area contributed by atoms with E-state index in [9.17, 15) is 9.18 Å². The molecule has 2 aliphatic rings. The van der Waals surface area contributed by atoms with Gasteiger partial charge in [-0.3, -0.25) is 10.2 Å². The fraction of sp³-hybridized carbons (Fsp3) is 0.318. The van der Waals surface area contributed by atoms with E-state index in [1.54, 1.807) is 43.0 Å². The van der Waals surface area contributed by atoms with Gasteiger partial charge in [0.05, 0.1) is 22.7 Å². The van der Waals surface area contributed by atoms with Crippen molar-refractivity contribution in [3.05, 3.63) is 65.0 Å². The van der Waals surface area contributed by atoms with E-state index in [1.807, 2.05) is 6.08 Å². The maximum absolute atomic E-state index is 14.3. The third-order valence-electron chi connectivity index (χ3n) is 5.48. The zero-order valence-electron chi connectivity index (χ0n) is 17.1. The Bertz CT molecular complexity index is 1100. The molecule has 0 spiro atoms. The van der Waals surface area contributed by atoms with E-state index in [-0.39, 0.29) is 16.9 Å². The van der Waals surface area contributed by atoms with Crippen LogP contribution in [0.2, 0.25) is 0 Å². The lowest BCUT2D eigenvalue weighted by molar-refractivity contribution is -0.112. The molecule has 156 valence electrons. The molecule has 30 heavy (non-hydrogen) atoms. The Morgan fingerprint density at radius 1 is 1.33 bits per heavy atom. The number of halogens is 1. The zero-order valence-corrected chi connectivity index (χ0v) is 17.1. The van der Waals surface area contributed by atoms with Gasteiger partial charge in [0, 0.05) is 37.3 Å². The number of amides is 1. The predicted octanol–water partition coefficient (Wildman–Crippen LogP) is 2.71. The monoisotopic (exact) mass is 408 g/mol. The number of aromatic nitrogens is 2. The second-order valence-corrected chi connectivity index (χ2v) is 7.59. The van der Waals surface area contributed by atoms with Crippen LogP contribution in [0.25, 0.3) is 5.65 Å². The number of fused-ring (bicyclic) bond motifs is 1. The fourth-order valence-electron chi connectivity index (χ4n) is 4.06. The van der Waals surface area contributed by atoms with E-state index in [2.05, 4.69) is 20.9 Å². The molecule has 1 amide bonds. The molecule has 2 aromatic rings. The Morgan fingerprint density at radius 2 is 2.10 bits per heavy atom. The summed E-state index contributed by atoms with van der Waals surface area (Å²) >= 11 is 0. The van der Waals surface area contributed by atoms with Crippen molar-refractivity contribution in [2.24, 2.45) is 5.92 Å². The molecule has 4 N–H and O–H groups in total. The Labute approximate surface area is 174 Å². The van der Waals surface area contributed by atoms with Crippen molar-refractivity contribution in [1.29, 1.82) is 5.41 Å². The number of carbonyl (C=O) groups excluding carboxylic acids is 1. The SMILES string of the molecule is CN/C=C1\C(=N)C(C(=O)Nc2cc(F)c3nc(C)cn3c2)=CC=C1C1CCNCC1. The molecule has 1 aliphatic carbocycles. The number of nitrogens with zero attached hydrogens (tertiary/aromatic N) is 2. The first kappa shape index (κ1) is 20.0. The van der Waals surface area contributed by atoms with E-state index < -0.39 is 11.7 Å². The summed E-state index contributed by atoms with van der Waals surface area (Å²) in [5.74, 6) is -0.608. The van der Waals surface area contributed by atoms with E-state index in [0.29, 0.717) is 17.3 Å². The zero-order chi connectivity index (χ0) is 21.3. The number of allylic oxidation sites excluding steroid dienone is 4. The Hall–Kier alpha value is -3.26. The van der Waals surface area contributed by atoms with E-state index >= 15 is 0 Å². The van der Waals surface area contributed by atoms with Crippen LogP contribution in [0.3, 0.4) is 0 Å². The lowest BCUT2D eigenvalue weighted by Gasteiger charge is -2.29. The molecule has 1 saturated heterocycles. The third-order valence-corrected chi connectivity index (χ3v) is 5.48. The summed E-state index contributed by atoms with van der Waals surface area (Å²) in [4.78, 5) is 17.0. The average Bonchev–Trinajstić information content (AvgIpc) is 3.11. The first-order valence-corrected chi connectivity index (χ1v) is 10.0. The van der Waals surface area contributed by atoms with Crippen molar-refractivity contribution in [2.45, 2.75) is 19.8 Å². The van der Waals surface area contributed by atoms with Crippen LogP contribution in [-0.2, 0) is 4.79 Å². The van der Waals surface area contributed by atoms with Gasteiger partial charge in [0.25, 0.3) is 5.91 Å². The normalized spacial score (nSPS) is 19.0. The standard InChI is InChI=1S/C22H25FN6O/c1-13-11-29-12-15(9-19(23)21(29)27-13)28-22(30)17-4-3-16(14-5-7-26-8-6-14)18(10-25-2)20(17)24/h3-4,9-12,14,24-26H,5-8H2,1-2H3,(H,28,30)/b18-10-,24-20?. The number of carbonyl (C=O) groups is 1. The van der Waals surface area contributed by atoms with Gasteiger partial charge >= 0.3 is 0 Å². The molecule has 3 heterocycles. The summed E-state index contributed by atoms with van der Waals surface area (Å²) in [5.41, 5.74) is 3.42. The number of hydrogen-bond acceptors (Lipinski definition) is 5. The number of nitrogens with one attached hydrogen (secondary N) is 4. The molecule has 0 radical (unpaired) electrons. The summed E-state index contributed by atoms with van der Waals surface area (Å²) in [6.45, 7) is 3.67. The smallest absolute Gasteiger partial charge is 0.257 e. The lowest BCUT2D eigenvalue weighted by atomic mass is 9.79. The van der Waals surface area contributed by atoms with Crippen molar-refractivity contribution in [1.82, 2.24) is 20.0 Å². The lowest BCUT2D eigenvalue weighted by Crippen LogP contribution is -2.32. The minimum Gasteiger partial charge on any atom is -0.393 e. The maximum atomic E-state index is 14.3. The van der Waals surface area contributed by atoms with Crippen molar-refractivity contribution in [3.63, 3.8) is 0 Å². The molecular weight excluding hydrogens is 383 g/mol. The van der Waals surface area contributed by atoms with Crippen molar-refractivity contribution < 1.29 is 9.18 Å². The topological polar surface area (TPSA) is 94.3 Å². The van der Waals surface area contributed by atoms with Crippen LogP contribution in [0.1, 0.15) is 18.5 Å². The predicted molar refractivity (Wildman–Crippen MR) is 115 cm³/mol. The van der Waals surface area contributed by atoms with Gasteiger partial charge in [0.15, 0.2) is 11.5 Å². The van der Waals surface area contributed by atoms with Crippen LogP contribution in [0.15, 0.2) is 53.5 Å². The molecule has 0 unspecified atom stereocenters. The molecule has 2 aromatic heterocycles. The number of anilines is 1. The molecule has 0 atom stereocenters. The quantitative estimate of drug-likeness (QED) is 0.626. The summed E-state index contributed by atoms with van der Waals surface area (Å²) in [6, 6.07) is 1.24. The van der Waals surface area contributed by atoms with E-state index in [0.717, 1.165) is 37.1 Å². The molecule has 1 aliphatic heterocycles. The van der Waals surface area contributed by atoms with Gasteiger partial charge in [-0.2, -0.15) is 0 Å². The second-order valence-electron chi connectivity index (χ2n) is 7.59. The van der Waals surface area contributed by atoms with Crippen LogP contribution in [-0.4, -0.2) is 41.1 Å². The van der Waals surface area contributed by atoms with Gasteiger partial charge in [-0.1, -0.05) is 6.08 Å². The average molecular weight is 408 g/mol.